The molecule has 1 aromatic carbocycles. The van der Waals surface area contributed by atoms with E-state index in [1.807, 2.05) is 0 Å². The topological polar surface area (TPSA) is 79.7 Å². The van der Waals surface area contributed by atoms with Gasteiger partial charge in [-0.05, 0) is 36.6 Å². The van der Waals surface area contributed by atoms with E-state index in [2.05, 4.69) is 11.8 Å². The number of aromatic hydroxyl groups is 1. The summed E-state index contributed by atoms with van der Waals surface area (Å²) in [4.78, 5) is 14.0. The fraction of sp³-hybridized carbons (Fsp3) is 0.438. The Kier molecular flexibility index (Phi) is 3.69. The van der Waals surface area contributed by atoms with E-state index >= 15 is 0 Å². The van der Waals surface area contributed by atoms with E-state index in [4.69, 9.17) is 10.2 Å². The highest BCUT2D eigenvalue weighted by molar-refractivity contribution is 5.81. The molecule has 0 bridgehead atoms. The first-order valence-electron chi connectivity index (χ1n) is 7.26. The highest BCUT2D eigenvalue weighted by Crippen LogP contribution is 2.24. The fourth-order valence-electron chi connectivity index (χ4n) is 2.90. The smallest absolute Gasteiger partial charge is 0.336 e. The number of hydrogen-bond acceptors (Lipinski definition) is 5. The molecule has 2 unspecified atom stereocenters. The zero-order valence-corrected chi connectivity index (χ0v) is 12.1. The van der Waals surface area contributed by atoms with Crippen molar-refractivity contribution < 1.29 is 9.52 Å². The molecular weight excluding hydrogens is 268 g/mol. The molecule has 5 nitrogen and oxygen atoms in total. The summed E-state index contributed by atoms with van der Waals surface area (Å²) in [5.41, 5.74) is 7.08. The fourth-order valence-corrected chi connectivity index (χ4v) is 2.90. The summed E-state index contributed by atoms with van der Waals surface area (Å²) in [5, 5.41) is 10.4. The van der Waals surface area contributed by atoms with Gasteiger partial charge in [0.2, 0.25) is 0 Å². The lowest BCUT2D eigenvalue weighted by Crippen LogP contribution is -2.47. The molecule has 0 spiro atoms. The van der Waals surface area contributed by atoms with Crippen molar-refractivity contribution in [3.8, 4) is 5.75 Å². The largest absolute Gasteiger partial charge is 0.508 e. The van der Waals surface area contributed by atoms with Gasteiger partial charge in [0.25, 0.3) is 0 Å². The maximum atomic E-state index is 11.7. The van der Waals surface area contributed by atoms with Gasteiger partial charge in [0.05, 0.1) is 0 Å². The number of likely N-dealkylation sites (tertiary alicyclic amines) is 1. The van der Waals surface area contributed by atoms with Crippen molar-refractivity contribution >= 4 is 11.0 Å². The second-order valence-corrected chi connectivity index (χ2v) is 5.94. The van der Waals surface area contributed by atoms with Gasteiger partial charge in [-0.15, -0.1) is 0 Å². The number of nitrogens with two attached hydrogens (primary N) is 1. The number of hydrogen-bond donors (Lipinski definition) is 2. The van der Waals surface area contributed by atoms with Gasteiger partial charge in [0.1, 0.15) is 11.3 Å². The van der Waals surface area contributed by atoms with Crippen molar-refractivity contribution in [1.82, 2.24) is 4.90 Å². The summed E-state index contributed by atoms with van der Waals surface area (Å²) in [6, 6.07) is 6.58. The monoisotopic (exact) mass is 288 g/mol. The van der Waals surface area contributed by atoms with E-state index in [1.165, 1.54) is 12.1 Å². The van der Waals surface area contributed by atoms with Crippen LogP contribution >= 0.6 is 0 Å². The molecule has 2 aromatic rings. The quantitative estimate of drug-likeness (QED) is 0.822. The summed E-state index contributed by atoms with van der Waals surface area (Å²) in [6.45, 7) is 4.67. The second kappa shape index (κ2) is 5.50. The number of piperidine rings is 1. The predicted molar refractivity (Wildman–Crippen MR) is 81.2 cm³/mol. The summed E-state index contributed by atoms with van der Waals surface area (Å²) in [5.74, 6) is 0.632. The Balaban J connectivity index is 1.92. The van der Waals surface area contributed by atoms with Crippen LogP contribution in [0.25, 0.3) is 11.0 Å². The molecular formula is C16H20N2O3. The van der Waals surface area contributed by atoms with Gasteiger partial charge in [-0.3, -0.25) is 4.90 Å². The van der Waals surface area contributed by atoms with E-state index < -0.39 is 5.63 Å². The van der Waals surface area contributed by atoms with Crippen LogP contribution in [0.2, 0.25) is 0 Å². The van der Waals surface area contributed by atoms with E-state index in [9.17, 15) is 9.90 Å². The first kappa shape index (κ1) is 14.1. The van der Waals surface area contributed by atoms with E-state index in [0.717, 1.165) is 30.5 Å². The predicted octanol–water partition coefficient (Wildman–Crippen LogP) is 1.67. The maximum absolute atomic E-state index is 11.7. The molecule has 2 atom stereocenters. The van der Waals surface area contributed by atoms with Crippen molar-refractivity contribution in [2.45, 2.75) is 25.9 Å². The minimum absolute atomic E-state index is 0.0941. The number of phenols is 1. The molecule has 112 valence electrons. The SMILES string of the molecule is CC1CCN(Cc2cc(=O)oc3cc(O)ccc23)CC1N. The third-order valence-electron chi connectivity index (χ3n) is 4.31. The standard InChI is InChI=1S/C16H20N2O3/c1-10-4-5-18(9-14(10)17)8-11-6-16(20)21-15-7-12(19)2-3-13(11)15/h2-3,6-7,10,14,19H,4-5,8-9,17H2,1H3. The highest BCUT2D eigenvalue weighted by Gasteiger charge is 2.23. The van der Waals surface area contributed by atoms with Gasteiger partial charge < -0.3 is 15.3 Å². The number of rotatable bonds is 2. The van der Waals surface area contributed by atoms with Crippen LogP contribution in [-0.2, 0) is 6.54 Å². The Hall–Kier alpha value is -1.85. The molecule has 0 amide bonds. The average molecular weight is 288 g/mol. The Morgan fingerprint density at radius 1 is 1.43 bits per heavy atom. The van der Waals surface area contributed by atoms with Crippen LogP contribution in [0.15, 0.2) is 33.5 Å². The molecule has 2 heterocycles. The lowest BCUT2D eigenvalue weighted by atomic mass is 9.94. The van der Waals surface area contributed by atoms with E-state index in [1.54, 1.807) is 12.1 Å². The third kappa shape index (κ3) is 2.94. The average Bonchev–Trinajstić information content (AvgIpc) is 2.42. The van der Waals surface area contributed by atoms with Crippen LogP contribution in [0, 0.1) is 5.92 Å². The lowest BCUT2D eigenvalue weighted by molar-refractivity contribution is 0.162. The van der Waals surface area contributed by atoms with Crippen LogP contribution in [0.3, 0.4) is 0 Å². The summed E-state index contributed by atoms with van der Waals surface area (Å²) in [7, 11) is 0. The van der Waals surface area contributed by atoms with Crippen molar-refractivity contribution in [3.63, 3.8) is 0 Å². The molecule has 1 fully saturated rings. The van der Waals surface area contributed by atoms with Crippen LogP contribution in [0.5, 0.6) is 5.75 Å². The van der Waals surface area contributed by atoms with E-state index in [0.29, 0.717) is 18.0 Å². The van der Waals surface area contributed by atoms with Gasteiger partial charge in [0.15, 0.2) is 0 Å². The molecule has 1 saturated heterocycles. The van der Waals surface area contributed by atoms with Crippen molar-refractivity contribution in [1.29, 1.82) is 0 Å². The zero-order chi connectivity index (χ0) is 15.0. The maximum Gasteiger partial charge on any atom is 0.336 e. The Labute approximate surface area is 123 Å². The van der Waals surface area contributed by atoms with Crippen LogP contribution in [-0.4, -0.2) is 29.1 Å². The van der Waals surface area contributed by atoms with Crippen LogP contribution in [0.4, 0.5) is 0 Å². The summed E-state index contributed by atoms with van der Waals surface area (Å²) in [6.07, 6.45) is 1.07. The van der Waals surface area contributed by atoms with Gasteiger partial charge >= 0.3 is 5.63 Å². The molecule has 1 aromatic heterocycles. The molecule has 21 heavy (non-hydrogen) atoms. The molecule has 5 heteroatoms. The zero-order valence-electron chi connectivity index (χ0n) is 12.1. The van der Waals surface area contributed by atoms with Gasteiger partial charge in [-0.2, -0.15) is 0 Å². The Bertz CT molecular complexity index is 710. The normalized spacial score (nSPS) is 23.5. The molecule has 3 N–H and O–H groups in total. The van der Waals surface area contributed by atoms with Crippen molar-refractivity contribution in [2.75, 3.05) is 13.1 Å². The highest BCUT2D eigenvalue weighted by atomic mass is 16.4. The first-order chi connectivity index (χ1) is 10.0. The molecule has 0 radical (unpaired) electrons. The summed E-state index contributed by atoms with van der Waals surface area (Å²) < 4.78 is 5.15. The third-order valence-corrected chi connectivity index (χ3v) is 4.31. The van der Waals surface area contributed by atoms with Gasteiger partial charge in [-0.1, -0.05) is 6.92 Å². The van der Waals surface area contributed by atoms with Crippen molar-refractivity contribution in [3.05, 3.63) is 40.2 Å². The molecule has 0 aliphatic carbocycles. The van der Waals surface area contributed by atoms with Gasteiger partial charge in [-0.25, -0.2) is 4.79 Å². The lowest BCUT2D eigenvalue weighted by Gasteiger charge is -2.35. The number of nitrogens with zero attached hydrogens (tertiary/aromatic N) is 1. The first-order valence-corrected chi connectivity index (χ1v) is 7.26. The van der Waals surface area contributed by atoms with E-state index in [-0.39, 0.29) is 11.8 Å². The minimum atomic E-state index is -0.391. The molecule has 3 rings (SSSR count). The number of fused-ring (bicyclic) bond motifs is 1. The molecule has 1 aliphatic rings. The Morgan fingerprint density at radius 3 is 3.00 bits per heavy atom. The van der Waals surface area contributed by atoms with Gasteiger partial charge in [0, 0.05) is 36.7 Å². The minimum Gasteiger partial charge on any atom is -0.508 e. The van der Waals surface area contributed by atoms with Crippen LogP contribution in [0.1, 0.15) is 18.9 Å². The summed E-state index contributed by atoms with van der Waals surface area (Å²) >= 11 is 0. The molecule has 1 aliphatic heterocycles. The molecule has 0 saturated carbocycles. The number of benzene rings is 1. The Morgan fingerprint density at radius 2 is 2.24 bits per heavy atom. The van der Waals surface area contributed by atoms with Crippen molar-refractivity contribution in [2.24, 2.45) is 11.7 Å². The van der Waals surface area contributed by atoms with Crippen LogP contribution < -0.4 is 11.4 Å². The second-order valence-electron chi connectivity index (χ2n) is 5.94. The number of phenolic OH excluding ortho intramolecular Hbond substituents is 1.